The average molecular weight is 762 g/mol. The van der Waals surface area contributed by atoms with Crippen LogP contribution in [-0.2, 0) is 22.7 Å². The number of rotatable bonds is 5. The van der Waals surface area contributed by atoms with Gasteiger partial charge in [-0.3, -0.25) is 0 Å². The number of allylic oxidation sites excluding steroid dienone is 10. The van der Waals surface area contributed by atoms with E-state index in [0.29, 0.717) is 5.92 Å². The quantitative estimate of drug-likeness (QED) is 0.158. The Balaban J connectivity index is 0.000000195. The maximum atomic E-state index is 2.59. The third-order valence-electron chi connectivity index (χ3n) is 14.6. The number of fused-ring (bicyclic) bond motifs is 4. The molecule has 0 aromatic heterocycles. The first kappa shape index (κ1) is 35.9. The first-order valence-corrected chi connectivity index (χ1v) is 21.6. The summed E-state index contributed by atoms with van der Waals surface area (Å²) in [6.45, 7) is 4.61. The fourth-order valence-corrected chi connectivity index (χ4v) is 11.2. The first-order valence-electron chi connectivity index (χ1n) is 21.6. The standard InChI is InChI=1S/C42H34.C16H17N/c1-3-13-31(14-4-1)33-24-34(26-37(25-33)41-20-8-2-5-16-36(41)28-41)32-15-11-12-30(22-32)23-35-27-40-19-9-10-21-42(40,29-40)39-18-7-6-17-38(35)39;1-16(2)12-8-4-6-10-14(12)17(3)15-11-7-5-9-13(15)16/h1,3-22,24-27,36H,2,23,28-29H2;4-11H,1-3H3. The molecule has 1 nitrogen and oxygen atoms in total. The Bertz CT molecular complexity index is 2740. The van der Waals surface area contributed by atoms with E-state index in [1.165, 1.54) is 85.4 Å². The molecule has 1 aliphatic heterocycles. The second-order valence-corrected chi connectivity index (χ2v) is 18.3. The van der Waals surface area contributed by atoms with Gasteiger partial charge in [0.25, 0.3) is 0 Å². The zero-order valence-corrected chi connectivity index (χ0v) is 34.4. The number of hydrogen-bond acceptors (Lipinski definition) is 1. The van der Waals surface area contributed by atoms with Crippen molar-refractivity contribution >= 4 is 16.9 Å². The third-order valence-corrected chi connectivity index (χ3v) is 14.6. The molecule has 0 N–H and O–H groups in total. The van der Waals surface area contributed by atoms with Crippen molar-refractivity contribution in [2.24, 2.45) is 11.3 Å². The lowest BCUT2D eigenvalue weighted by atomic mass is 9.73. The molecule has 12 rings (SSSR count). The van der Waals surface area contributed by atoms with Crippen molar-refractivity contribution in [1.29, 1.82) is 0 Å². The molecule has 0 spiro atoms. The molecule has 0 bridgehead atoms. The van der Waals surface area contributed by atoms with Gasteiger partial charge in [0.1, 0.15) is 0 Å². The highest BCUT2D eigenvalue weighted by Gasteiger charge is 2.66. The van der Waals surface area contributed by atoms with Gasteiger partial charge in [-0.1, -0.05) is 196 Å². The summed E-state index contributed by atoms with van der Waals surface area (Å²) in [5, 5.41) is 0. The van der Waals surface area contributed by atoms with Gasteiger partial charge < -0.3 is 4.90 Å². The molecule has 1 heterocycles. The van der Waals surface area contributed by atoms with Crippen LogP contribution in [0.15, 0.2) is 200 Å². The number of nitrogens with zero attached hydrogens (tertiary/aromatic N) is 1. The Hall–Kier alpha value is -6.18. The number of benzene rings is 6. The highest BCUT2D eigenvalue weighted by Crippen LogP contribution is 2.72. The molecule has 1 heteroatoms. The number of hydrogen-bond donors (Lipinski definition) is 0. The molecule has 0 saturated heterocycles. The van der Waals surface area contributed by atoms with Crippen LogP contribution in [0.3, 0.4) is 0 Å². The van der Waals surface area contributed by atoms with Gasteiger partial charge in [-0.05, 0) is 111 Å². The molecule has 288 valence electrons. The zero-order valence-electron chi connectivity index (χ0n) is 34.4. The van der Waals surface area contributed by atoms with E-state index in [1.54, 1.807) is 0 Å². The highest BCUT2D eigenvalue weighted by molar-refractivity contribution is 5.82. The van der Waals surface area contributed by atoms with E-state index < -0.39 is 0 Å². The smallest absolute Gasteiger partial charge is 0.0449 e. The van der Waals surface area contributed by atoms with Gasteiger partial charge in [0.2, 0.25) is 0 Å². The summed E-state index contributed by atoms with van der Waals surface area (Å²) in [7, 11) is 2.15. The highest BCUT2D eigenvalue weighted by atomic mass is 15.1. The van der Waals surface area contributed by atoms with Crippen LogP contribution in [-0.4, -0.2) is 7.05 Å². The van der Waals surface area contributed by atoms with Crippen LogP contribution in [0.1, 0.15) is 66.5 Å². The second kappa shape index (κ2) is 13.4. The van der Waals surface area contributed by atoms with Crippen LogP contribution >= 0.6 is 0 Å². The van der Waals surface area contributed by atoms with Crippen LogP contribution < -0.4 is 4.90 Å². The third kappa shape index (κ3) is 5.73. The molecule has 0 radical (unpaired) electrons. The predicted molar refractivity (Wildman–Crippen MR) is 248 cm³/mol. The molecule has 2 saturated carbocycles. The summed E-state index contributed by atoms with van der Waals surface area (Å²) in [5.41, 5.74) is 18.4. The van der Waals surface area contributed by atoms with E-state index in [2.05, 4.69) is 226 Å². The monoisotopic (exact) mass is 761 g/mol. The Morgan fingerprint density at radius 1 is 0.593 bits per heavy atom. The molecule has 4 atom stereocenters. The van der Waals surface area contributed by atoms with Gasteiger partial charge in [0, 0.05) is 40.1 Å². The SMILES string of the molecule is C1=CC23C=C(Cc4cccc(-c5cc(-c6ccccc6)cc(C67C=CCC=CC6C7)c5)c4)c4ccccc4C2(C=C1)C3.CN1c2ccccc2C(C)(C)c2ccccc21. The van der Waals surface area contributed by atoms with Crippen LogP contribution in [0.4, 0.5) is 11.4 Å². The topological polar surface area (TPSA) is 3.24 Å². The van der Waals surface area contributed by atoms with E-state index in [9.17, 15) is 0 Å². The minimum atomic E-state index is 0.0830. The Kier molecular flexibility index (Phi) is 8.18. The molecule has 0 amide bonds. The summed E-state index contributed by atoms with van der Waals surface area (Å²) in [5.74, 6) is 0.609. The van der Waals surface area contributed by atoms with Crippen molar-refractivity contribution in [3.05, 3.63) is 234 Å². The van der Waals surface area contributed by atoms with Crippen molar-refractivity contribution in [2.75, 3.05) is 11.9 Å². The van der Waals surface area contributed by atoms with E-state index in [1.807, 2.05) is 0 Å². The van der Waals surface area contributed by atoms with Gasteiger partial charge in [-0.2, -0.15) is 0 Å². The largest absolute Gasteiger partial charge is 0.344 e. The normalized spacial score (nSPS) is 25.4. The van der Waals surface area contributed by atoms with Gasteiger partial charge in [0.05, 0.1) is 0 Å². The molecule has 4 unspecified atom stereocenters. The van der Waals surface area contributed by atoms with Crippen LogP contribution in [0.2, 0.25) is 0 Å². The Morgan fingerprint density at radius 2 is 1.25 bits per heavy atom. The summed E-state index contributed by atoms with van der Waals surface area (Å²) in [6.07, 6.45) is 26.0. The lowest BCUT2D eigenvalue weighted by molar-refractivity contribution is 0.629. The number of anilines is 2. The summed E-state index contributed by atoms with van der Waals surface area (Å²) < 4.78 is 0. The van der Waals surface area contributed by atoms with Crippen LogP contribution in [0.5, 0.6) is 0 Å². The van der Waals surface area contributed by atoms with Crippen LogP contribution in [0.25, 0.3) is 27.8 Å². The summed E-state index contributed by atoms with van der Waals surface area (Å²) >= 11 is 0. The maximum absolute atomic E-state index is 2.59. The molecular formula is C58H51N. The molecular weight excluding hydrogens is 711 g/mol. The predicted octanol–water partition coefficient (Wildman–Crippen LogP) is 14.3. The van der Waals surface area contributed by atoms with E-state index in [0.717, 1.165) is 12.8 Å². The minimum absolute atomic E-state index is 0.0830. The molecule has 6 aromatic rings. The molecule has 6 aromatic carbocycles. The Morgan fingerprint density at radius 3 is 2.03 bits per heavy atom. The molecule has 59 heavy (non-hydrogen) atoms. The fraction of sp³-hybridized carbons (Fsp3) is 0.207. The summed E-state index contributed by atoms with van der Waals surface area (Å²) in [6, 6.07) is 54.0. The van der Waals surface area contributed by atoms with Crippen molar-refractivity contribution in [1.82, 2.24) is 0 Å². The number of para-hydroxylation sites is 2. The van der Waals surface area contributed by atoms with Gasteiger partial charge in [-0.25, -0.2) is 0 Å². The van der Waals surface area contributed by atoms with Gasteiger partial charge in [0.15, 0.2) is 0 Å². The van der Waals surface area contributed by atoms with Gasteiger partial charge >= 0.3 is 0 Å². The molecule has 2 fully saturated rings. The first-order chi connectivity index (χ1) is 28.8. The van der Waals surface area contributed by atoms with Crippen molar-refractivity contribution in [3.8, 4) is 22.3 Å². The lowest BCUT2D eigenvalue weighted by Gasteiger charge is -2.40. The van der Waals surface area contributed by atoms with Gasteiger partial charge in [-0.15, -0.1) is 0 Å². The average Bonchev–Trinajstić information content (AvgIpc) is 4.19. The van der Waals surface area contributed by atoms with E-state index in [4.69, 9.17) is 0 Å². The van der Waals surface area contributed by atoms with E-state index >= 15 is 0 Å². The van der Waals surface area contributed by atoms with E-state index in [-0.39, 0.29) is 21.7 Å². The lowest BCUT2D eigenvalue weighted by Crippen LogP contribution is -2.30. The zero-order chi connectivity index (χ0) is 39.8. The second-order valence-electron chi connectivity index (χ2n) is 18.3. The van der Waals surface area contributed by atoms with Crippen LogP contribution in [0, 0.1) is 11.3 Å². The maximum Gasteiger partial charge on any atom is 0.0449 e. The molecule has 5 aliphatic carbocycles. The molecule has 6 aliphatic rings. The summed E-state index contributed by atoms with van der Waals surface area (Å²) in [4.78, 5) is 2.29. The Labute approximate surface area is 350 Å². The minimum Gasteiger partial charge on any atom is -0.344 e. The van der Waals surface area contributed by atoms with Crippen molar-refractivity contribution in [2.45, 2.75) is 55.8 Å². The van der Waals surface area contributed by atoms with Crippen molar-refractivity contribution < 1.29 is 0 Å². The fourth-order valence-electron chi connectivity index (χ4n) is 11.2. The van der Waals surface area contributed by atoms with Crippen molar-refractivity contribution in [3.63, 3.8) is 0 Å².